The van der Waals surface area contributed by atoms with Gasteiger partial charge in [0.1, 0.15) is 5.56 Å². The van der Waals surface area contributed by atoms with Gasteiger partial charge in [-0.1, -0.05) is 12.1 Å². The molecule has 0 fully saturated rings. The molecule has 0 spiro atoms. The molecule has 98 valence electrons. The quantitative estimate of drug-likeness (QED) is 0.888. The Labute approximate surface area is 108 Å². The molecule has 0 radical (unpaired) electrons. The number of aryl methyl sites for hydroxylation is 1. The first-order chi connectivity index (χ1) is 8.99. The Morgan fingerprint density at radius 3 is 2.89 bits per heavy atom. The van der Waals surface area contributed by atoms with Gasteiger partial charge in [-0.15, -0.1) is 0 Å². The van der Waals surface area contributed by atoms with E-state index in [4.69, 9.17) is 15.6 Å². The van der Waals surface area contributed by atoms with Crippen LogP contribution in [0.5, 0.6) is 11.6 Å². The van der Waals surface area contributed by atoms with E-state index in [-0.39, 0.29) is 22.9 Å². The largest absolute Gasteiger partial charge is 0.477 e. The fourth-order valence-electron chi connectivity index (χ4n) is 1.51. The third-order valence-corrected chi connectivity index (χ3v) is 2.47. The second-order valence-corrected chi connectivity index (χ2v) is 3.92. The van der Waals surface area contributed by atoms with E-state index in [0.29, 0.717) is 5.56 Å². The lowest BCUT2D eigenvalue weighted by Crippen LogP contribution is -2.04. The maximum Gasteiger partial charge on any atom is 0.341 e. The molecular weight excluding hydrogens is 251 g/mol. The molecule has 5 nitrogen and oxygen atoms in total. The molecular formula is C13H11FN2O3. The van der Waals surface area contributed by atoms with Crippen molar-refractivity contribution < 1.29 is 19.0 Å². The summed E-state index contributed by atoms with van der Waals surface area (Å²) in [5.41, 5.74) is 5.82. The van der Waals surface area contributed by atoms with E-state index in [0.717, 1.165) is 0 Å². The molecule has 0 atom stereocenters. The average molecular weight is 262 g/mol. The highest BCUT2D eigenvalue weighted by molar-refractivity contribution is 5.91. The minimum absolute atomic E-state index is 0.0835. The smallest absolute Gasteiger partial charge is 0.341 e. The van der Waals surface area contributed by atoms with E-state index in [1.807, 2.05) is 0 Å². The highest BCUT2D eigenvalue weighted by Gasteiger charge is 2.16. The van der Waals surface area contributed by atoms with Gasteiger partial charge < -0.3 is 15.6 Å². The molecule has 0 saturated carbocycles. The summed E-state index contributed by atoms with van der Waals surface area (Å²) >= 11 is 0. The van der Waals surface area contributed by atoms with Crippen molar-refractivity contribution >= 4 is 11.7 Å². The maximum atomic E-state index is 13.8. The molecule has 2 aromatic rings. The summed E-state index contributed by atoms with van der Waals surface area (Å²) in [5, 5.41) is 9.02. The second kappa shape index (κ2) is 4.93. The van der Waals surface area contributed by atoms with Gasteiger partial charge in [0, 0.05) is 0 Å². The van der Waals surface area contributed by atoms with Crippen LogP contribution in [0.25, 0.3) is 0 Å². The molecule has 0 aliphatic heterocycles. The van der Waals surface area contributed by atoms with Crippen LogP contribution in [0.15, 0.2) is 30.5 Å². The Morgan fingerprint density at radius 1 is 1.47 bits per heavy atom. The van der Waals surface area contributed by atoms with E-state index in [1.165, 1.54) is 18.3 Å². The van der Waals surface area contributed by atoms with Gasteiger partial charge in [-0.2, -0.15) is 0 Å². The van der Waals surface area contributed by atoms with Crippen molar-refractivity contribution in [3.8, 4) is 11.6 Å². The number of nitrogens with two attached hydrogens (primary N) is 1. The summed E-state index contributed by atoms with van der Waals surface area (Å²) in [4.78, 5) is 14.8. The SMILES string of the molecule is Cc1cccc(Oc2ncc(N)cc2C(=O)O)c1F. The van der Waals surface area contributed by atoms with Crippen LogP contribution in [-0.2, 0) is 0 Å². The predicted molar refractivity (Wildman–Crippen MR) is 66.8 cm³/mol. The number of hydrogen-bond donors (Lipinski definition) is 2. The fourth-order valence-corrected chi connectivity index (χ4v) is 1.51. The number of nitrogens with zero attached hydrogens (tertiary/aromatic N) is 1. The lowest BCUT2D eigenvalue weighted by atomic mass is 10.2. The van der Waals surface area contributed by atoms with Crippen LogP contribution in [0.3, 0.4) is 0 Å². The van der Waals surface area contributed by atoms with Gasteiger partial charge in [0.15, 0.2) is 11.6 Å². The van der Waals surface area contributed by atoms with Crippen LogP contribution in [0.2, 0.25) is 0 Å². The van der Waals surface area contributed by atoms with Gasteiger partial charge in [-0.05, 0) is 24.6 Å². The number of pyridine rings is 1. The lowest BCUT2D eigenvalue weighted by molar-refractivity contribution is 0.0693. The van der Waals surface area contributed by atoms with Gasteiger partial charge in [0.2, 0.25) is 5.88 Å². The molecule has 1 heterocycles. The number of aromatic nitrogens is 1. The van der Waals surface area contributed by atoms with Gasteiger partial charge in [-0.3, -0.25) is 0 Å². The molecule has 6 heteroatoms. The molecule has 1 aromatic carbocycles. The molecule has 2 rings (SSSR count). The number of benzene rings is 1. The van der Waals surface area contributed by atoms with Crippen molar-refractivity contribution in [2.24, 2.45) is 0 Å². The number of rotatable bonds is 3. The second-order valence-electron chi connectivity index (χ2n) is 3.92. The van der Waals surface area contributed by atoms with E-state index in [1.54, 1.807) is 19.1 Å². The first-order valence-electron chi connectivity index (χ1n) is 5.41. The number of nitrogen functional groups attached to an aromatic ring is 1. The molecule has 0 saturated heterocycles. The number of aromatic carboxylic acids is 1. The highest BCUT2D eigenvalue weighted by Crippen LogP contribution is 2.27. The third kappa shape index (κ3) is 2.62. The molecule has 0 unspecified atom stereocenters. The van der Waals surface area contributed by atoms with Gasteiger partial charge >= 0.3 is 5.97 Å². The summed E-state index contributed by atoms with van der Waals surface area (Å²) in [6.45, 7) is 1.58. The van der Waals surface area contributed by atoms with Gasteiger partial charge in [0.25, 0.3) is 0 Å². The topological polar surface area (TPSA) is 85.4 Å². The van der Waals surface area contributed by atoms with Crippen LogP contribution in [-0.4, -0.2) is 16.1 Å². The van der Waals surface area contributed by atoms with Crippen molar-refractivity contribution in [3.05, 3.63) is 47.4 Å². The van der Waals surface area contributed by atoms with Crippen molar-refractivity contribution in [2.75, 3.05) is 5.73 Å². The summed E-state index contributed by atoms with van der Waals surface area (Å²) in [6.07, 6.45) is 1.25. The fraction of sp³-hybridized carbons (Fsp3) is 0.0769. The van der Waals surface area contributed by atoms with Crippen molar-refractivity contribution in [1.29, 1.82) is 0 Å². The predicted octanol–water partition coefficient (Wildman–Crippen LogP) is 2.60. The first kappa shape index (κ1) is 12.8. The van der Waals surface area contributed by atoms with Crippen LogP contribution in [0, 0.1) is 12.7 Å². The monoisotopic (exact) mass is 262 g/mol. The summed E-state index contributed by atoms with van der Waals surface area (Å²) < 4.78 is 19.0. The summed E-state index contributed by atoms with van der Waals surface area (Å²) in [5.74, 6) is -2.09. The Balaban J connectivity index is 2.44. The third-order valence-electron chi connectivity index (χ3n) is 2.47. The van der Waals surface area contributed by atoms with E-state index < -0.39 is 11.8 Å². The summed E-state index contributed by atoms with van der Waals surface area (Å²) in [7, 11) is 0. The van der Waals surface area contributed by atoms with Gasteiger partial charge in [-0.25, -0.2) is 14.2 Å². The molecule has 0 aliphatic rings. The van der Waals surface area contributed by atoms with Gasteiger partial charge in [0.05, 0.1) is 11.9 Å². The van der Waals surface area contributed by atoms with Crippen molar-refractivity contribution in [1.82, 2.24) is 4.98 Å². The zero-order valence-electron chi connectivity index (χ0n) is 10.1. The Hall–Kier alpha value is -2.63. The standard InChI is InChI=1S/C13H11FN2O3/c1-7-3-2-4-10(11(7)14)19-12-9(13(17)18)5-8(15)6-16-12/h2-6H,15H2,1H3,(H,17,18). The van der Waals surface area contributed by atoms with Crippen molar-refractivity contribution in [2.45, 2.75) is 6.92 Å². The molecule has 0 amide bonds. The number of halogens is 1. The van der Waals surface area contributed by atoms with E-state index in [9.17, 15) is 9.18 Å². The zero-order valence-corrected chi connectivity index (χ0v) is 10.1. The van der Waals surface area contributed by atoms with Crippen LogP contribution >= 0.6 is 0 Å². The number of carboxylic acids is 1. The van der Waals surface area contributed by atoms with E-state index in [2.05, 4.69) is 4.98 Å². The number of anilines is 1. The highest BCUT2D eigenvalue weighted by atomic mass is 19.1. The molecule has 3 N–H and O–H groups in total. The number of carbonyl (C=O) groups is 1. The van der Waals surface area contributed by atoms with E-state index >= 15 is 0 Å². The van der Waals surface area contributed by atoms with Crippen LogP contribution in [0.1, 0.15) is 15.9 Å². The van der Waals surface area contributed by atoms with Crippen LogP contribution in [0.4, 0.5) is 10.1 Å². The first-order valence-corrected chi connectivity index (χ1v) is 5.41. The maximum absolute atomic E-state index is 13.8. The number of carboxylic acid groups (broad SMARTS) is 1. The Bertz CT molecular complexity index is 644. The number of ether oxygens (including phenoxy) is 1. The normalized spacial score (nSPS) is 10.2. The Morgan fingerprint density at radius 2 is 2.21 bits per heavy atom. The van der Waals surface area contributed by atoms with Crippen molar-refractivity contribution in [3.63, 3.8) is 0 Å². The molecule has 19 heavy (non-hydrogen) atoms. The average Bonchev–Trinajstić information content (AvgIpc) is 2.36. The van der Waals surface area contributed by atoms with Crippen LogP contribution < -0.4 is 10.5 Å². The lowest BCUT2D eigenvalue weighted by Gasteiger charge is -2.09. The number of hydrogen-bond acceptors (Lipinski definition) is 4. The summed E-state index contributed by atoms with van der Waals surface area (Å²) in [6, 6.07) is 5.78. The molecule has 0 bridgehead atoms. The minimum atomic E-state index is -1.25. The zero-order chi connectivity index (χ0) is 14.0. The molecule has 1 aromatic heterocycles. The Kier molecular flexibility index (Phi) is 3.33. The minimum Gasteiger partial charge on any atom is -0.477 e. The molecule has 0 aliphatic carbocycles.